The number of nitrogens with two attached hydrogens (primary N) is 1. The van der Waals surface area contributed by atoms with Gasteiger partial charge < -0.3 is 10.6 Å². The molecule has 3 saturated carbocycles. The fourth-order valence-corrected chi connectivity index (χ4v) is 6.23. The van der Waals surface area contributed by atoms with Gasteiger partial charge >= 0.3 is 0 Å². The predicted molar refractivity (Wildman–Crippen MR) is 89.6 cm³/mol. The lowest BCUT2D eigenvalue weighted by molar-refractivity contribution is -0.132. The van der Waals surface area contributed by atoms with Crippen molar-refractivity contribution in [2.45, 2.75) is 25.2 Å². The first kappa shape index (κ1) is 14.0. The van der Waals surface area contributed by atoms with Crippen LogP contribution in [-0.2, 0) is 4.79 Å². The van der Waals surface area contributed by atoms with Gasteiger partial charge in [0.15, 0.2) is 0 Å². The molecule has 3 heteroatoms. The lowest BCUT2D eigenvalue weighted by Gasteiger charge is -2.19. The highest BCUT2D eigenvalue weighted by Gasteiger charge is 2.68. The number of fused-ring (bicyclic) bond motifs is 5. The molecule has 1 amide bonds. The van der Waals surface area contributed by atoms with Gasteiger partial charge in [0.05, 0.1) is 0 Å². The molecular weight excluding hydrogens is 284 g/mol. The topological polar surface area (TPSA) is 46.3 Å². The second-order valence-corrected chi connectivity index (χ2v) is 8.27. The Bertz CT molecular complexity index is 599. The summed E-state index contributed by atoms with van der Waals surface area (Å²) in [7, 11) is 0. The van der Waals surface area contributed by atoms with Crippen LogP contribution in [0.4, 0.5) is 0 Å². The molecule has 23 heavy (non-hydrogen) atoms. The van der Waals surface area contributed by atoms with E-state index in [9.17, 15) is 4.79 Å². The van der Waals surface area contributed by atoms with E-state index in [1.807, 2.05) is 0 Å². The monoisotopic (exact) mass is 310 g/mol. The van der Waals surface area contributed by atoms with E-state index < -0.39 is 0 Å². The summed E-state index contributed by atoms with van der Waals surface area (Å²) in [5.41, 5.74) is 7.37. The summed E-state index contributed by atoms with van der Waals surface area (Å²) in [5, 5.41) is 0. The van der Waals surface area contributed by atoms with Crippen LogP contribution in [0.1, 0.15) is 30.7 Å². The molecule has 0 radical (unpaired) electrons. The summed E-state index contributed by atoms with van der Waals surface area (Å²) in [6.45, 7) is 2.41. The first-order valence-corrected chi connectivity index (χ1v) is 9.31. The zero-order valence-corrected chi connectivity index (χ0v) is 13.6. The van der Waals surface area contributed by atoms with Crippen LogP contribution in [-0.4, -0.2) is 30.4 Å². The number of likely N-dealkylation sites (tertiary alicyclic amines) is 1. The van der Waals surface area contributed by atoms with E-state index in [0.717, 1.165) is 36.8 Å². The number of hydrogen-bond acceptors (Lipinski definition) is 2. The standard InChI is InChI=1S/C20H26N2O/c21-9-15-10-22(11-16(15)12-4-2-1-3-5-12)20(23)19-17-13-6-7-14(8-13)18(17)19/h1-5,13-19H,6-11,21H2/t13?,14?,15-,16+,17?,18?,19?/m1/s1. The highest BCUT2D eigenvalue weighted by Crippen LogP contribution is 2.69. The van der Waals surface area contributed by atoms with Gasteiger partial charge in [-0.05, 0) is 61.0 Å². The third-order valence-electron chi connectivity index (χ3n) is 7.30. The van der Waals surface area contributed by atoms with Crippen molar-refractivity contribution in [3.8, 4) is 0 Å². The number of amides is 1. The van der Waals surface area contributed by atoms with Gasteiger partial charge in [0.25, 0.3) is 0 Å². The second-order valence-electron chi connectivity index (χ2n) is 8.27. The van der Waals surface area contributed by atoms with Gasteiger partial charge in [0.1, 0.15) is 0 Å². The average molecular weight is 310 g/mol. The predicted octanol–water partition coefficient (Wildman–Crippen LogP) is 2.48. The zero-order valence-electron chi connectivity index (χ0n) is 13.6. The van der Waals surface area contributed by atoms with Crippen molar-refractivity contribution in [2.24, 2.45) is 41.2 Å². The van der Waals surface area contributed by atoms with Crippen LogP contribution >= 0.6 is 0 Å². The highest BCUT2D eigenvalue weighted by atomic mass is 16.2. The van der Waals surface area contributed by atoms with Gasteiger partial charge in [-0.1, -0.05) is 30.3 Å². The number of rotatable bonds is 3. The Morgan fingerprint density at radius 3 is 2.43 bits per heavy atom. The zero-order chi connectivity index (χ0) is 15.6. The molecule has 6 atom stereocenters. The molecule has 3 nitrogen and oxygen atoms in total. The first-order chi connectivity index (χ1) is 11.3. The minimum Gasteiger partial charge on any atom is -0.341 e. The van der Waals surface area contributed by atoms with E-state index in [0.29, 0.717) is 30.2 Å². The molecule has 2 N–H and O–H groups in total. The molecule has 3 aliphatic carbocycles. The summed E-state index contributed by atoms with van der Waals surface area (Å²) in [4.78, 5) is 15.2. The fourth-order valence-electron chi connectivity index (χ4n) is 6.23. The number of benzene rings is 1. The van der Waals surface area contributed by atoms with Crippen LogP contribution in [0, 0.1) is 35.5 Å². The van der Waals surface area contributed by atoms with Gasteiger partial charge in [-0.3, -0.25) is 4.79 Å². The Kier molecular flexibility index (Phi) is 3.09. The lowest BCUT2D eigenvalue weighted by atomic mass is 9.89. The maximum Gasteiger partial charge on any atom is 0.226 e. The van der Waals surface area contributed by atoms with Crippen molar-refractivity contribution in [3.05, 3.63) is 35.9 Å². The van der Waals surface area contributed by atoms with Crippen molar-refractivity contribution in [1.29, 1.82) is 0 Å². The van der Waals surface area contributed by atoms with Gasteiger partial charge in [-0.25, -0.2) is 0 Å². The summed E-state index contributed by atoms with van der Waals surface area (Å²) in [6.07, 6.45) is 4.18. The summed E-state index contributed by atoms with van der Waals surface area (Å²) >= 11 is 0. The minimum atomic E-state index is 0.370. The Morgan fingerprint density at radius 1 is 1.09 bits per heavy atom. The molecule has 4 aliphatic rings. The number of carbonyl (C=O) groups excluding carboxylic acids is 1. The Hall–Kier alpha value is -1.35. The molecule has 5 rings (SSSR count). The maximum absolute atomic E-state index is 13.1. The minimum absolute atomic E-state index is 0.370. The Morgan fingerprint density at radius 2 is 1.78 bits per heavy atom. The van der Waals surface area contributed by atoms with Crippen LogP contribution in [0.3, 0.4) is 0 Å². The summed E-state index contributed by atoms with van der Waals surface area (Å²) in [6, 6.07) is 10.6. The second kappa shape index (κ2) is 5.07. The third kappa shape index (κ3) is 2.02. The van der Waals surface area contributed by atoms with Crippen molar-refractivity contribution in [1.82, 2.24) is 4.90 Å². The van der Waals surface area contributed by atoms with E-state index in [1.165, 1.54) is 24.8 Å². The number of hydrogen-bond donors (Lipinski definition) is 1. The van der Waals surface area contributed by atoms with Crippen molar-refractivity contribution in [2.75, 3.05) is 19.6 Å². The lowest BCUT2D eigenvalue weighted by Crippen LogP contribution is -2.32. The van der Waals surface area contributed by atoms with Crippen molar-refractivity contribution < 1.29 is 4.79 Å². The van der Waals surface area contributed by atoms with E-state index in [-0.39, 0.29) is 0 Å². The van der Waals surface area contributed by atoms with E-state index in [1.54, 1.807) is 0 Å². The van der Waals surface area contributed by atoms with Gasteiger partial charge in [0.2, 0.25) is 5.91 Å². The van der Waals surface area contributed by atoms with E-state index >= 15 is 0 Å². The molecule has 1 aliphatic heterocycles. The first-order valence-electron chi connectivity index (χ1n) is 9.31. The largest absolute Gasteiger partial charge is 0.341 e. The van der Waals surface area contributed by atoms with Crippen LogP contribution in [0.2, 0.25) is 0 Å². The summed E-state index contributed by atoms with van der Waals surface area (Å²) in [5.74, 6) is 4.88. The van der Waals surface area contributed by atoms with Crippen LogP contribution in [0.15, 0.2) is 30.3 Å². The Labute approximate surface area is 138 Å². The quantitative estimate of drug-likeness (QED) is 0.932. The molecule has 1 heterocycles. The van der Waals surface area contributed by atoms with Crippen LogP contribution < -0.4 is 5.73 Å². The molecule has 1 aromatic carbocycles. The number of carbonyl (C=O) groups is 1. The third-order valence-corrected chi connectivity index (χ3v) is 7.30. The summed E-state index contributed by atoms with van der Waals surface area (Å²) < 4.78 is 0. The Balaban J connectivity index is 1.32. The molecule has 4 fully saturated rings. The van der Waals surface area contributed by atoms with Crippen molar-refractivity contribution >= 4 is 5.91 Å². The van der Waals surface area contributed by atoms with Gasteiger partial charge in [0, 0.05) is 24.9 Å². The SMILES string of the molecule is NC[C@@H]1CN(C(=O)C2C3C4CCC(C4)C23)C[C@H]1c1ccccc1. The fraction of sp³-hybridized carbons (Fsp3) is 0.650. The molecule has 1 aromatic rings. The normalized spacial score (nSPS) is 43.7. The smallest absolute Gasteiger partial charge is 0.226 e. The molecule has 2 bridgehead atoms. The highest BCUT2D eigenvalue weighted by molar-refractivity contribution is 5.83. The average Bonchev–Trinajstić information content (AvgIpc) is 2.95. The molecule has 0 spiro atoms. The molecule has 1 saturated heterocycles. The van der Waals surface area contributed by atoms with Gasteiger partial charge in [-0.2, -0.15) is 0 Å². The van der Waals surface area contributed by atoms with E-state index in [4.69, 9.17) is 5.73 Å². The molecule has 4 unspecified atom stereocenters. The van der Waals surface area contributed by atoms with Crippen molar-refractivity contribution in [3.63, 3.8) is 0 Å². The maximum atomic E-state index is 13.1. The van der Waals surface area contributed by atoms with E-state index in [2.05, 4.69) is 35.2 Å². The number of nitrogens with zero attached hydrogens (tertiary/aromatic N) is 1. The van der Waals surface area contributed by atoms with Gasteiger partial charge in [-0.15, -0.1) is 0 Å². The van der Waals surface area contributed by atoms with Crippen LogP contribution in [0.5, 0.6) is 0 Å². The molecular formula is C20H26N2O. The molecule has 0 aromatic heterocycles. The van der Waals surface area contributed by atoms with Crippen LogP contribution in [0.25, 0.3) is 0 Å². The molecule has 122 valence electrons.